The number of hydrogen-bond donors (Lipinski definition) is 0. The number of amides is 2. The molecule has 0 radical (unpaired) electrons. The van der Waals surface area contributed by atoms with Gasteiger partial charge in [0.05, 0.1) is 12.2 Å². The number of carbonyl (C=O) groups excluding carboxylic acids is 2. The molecule has 2 amide bonds. The lowest BCUT2D eigenvalue weighted by Crippen LogP contribution is -2.45. The van der Waals surface area contributed by atoms with E-state index >= 15 is 0 Å². The van der Waals surface area contributed by atoms with E-state index in [1.54, 1.807) is 28.1 Å². The minimum atomic E-state index is -0.0336. The molecular weight excluding hydrogens is 306 g/mol. The molecule has 1 aliphatic rings. The van der Waals surface area contributed by atoms with Gasteiger partial charge >= 0.3 is 0 Å². The molecule has 0 spiro atoms. The van der Waals surface area contributed by atoms with Gasteiger partial charge in [-0.3, -0.25) is 9.59 Å². The molecule has 1 aromatic rings. The monoisotopic (exact) mass is 333 g/mol. The quantitative estimate of drug-likeness (QED) is 0.829. The van der Waals surface area contributed by atoms with E-state index in [2.05, 4.69) is 4.98 Å². The normalized spacial score (nSPS) is 15.5. The summed E-state index contributed by atoms with van der Waals surface area (Å²) >= 11 is 0. The number of likely N-dealkylation sites (tertiary alicyclic amines) is 1. The molecule has 1 fully saturated rings. The molecule has 0 bridgehead atoms. The van der Waals surface area contributed by atoms with E-state index in [0.717, 1.165) is 0 Å². The Balaban J connectivity index is 1.91. The van der Waals surface area contributed by atoms with E-state index < -0.39 is 0 Å². The first-order valence-electron chi connectivity index (χ1n) is 8.58. The van der Waals surface area contributed by atoms with Crippen molar-refractivity contribution in [3.8, 4) is 5.88 Å². The standard InChI is InChI=1S/C18H27N3O3/c1-5-24-16-7-6-15(12-19-16)18(23)21-10-8-14(9-11-21)17(22)20(4)13(2)3/h6-7,12-14H,5,8-11H2,1-4H3. The highest BCUT2D eigenvalue weighted by atomic mass is 16.5. The Morgan fingerprint density at radius 2 is 2.00 bits per heavy atom. The third-order valence-corrected chi connectivity index (χ3v) is 4.53. The van der Waals surface area contributed by atoms with Crippen LogP contribution < -0.4 is 4.74 Å². The average molecular weight is 333 g/mol. The van der Waals surface area contributed by atoms with Gasteiger partial charge in [0.25, 0.3) is 5.91 Å². The molecule has 1 aromatic heterocycles. The average Bonchev–Trinajstić information content (AvgIpc) is 2.61. The van der Waals surface area contributed by atoms with Crippen LogP contribution in [-0.4, -0.2) is 59.4 Å². The van der Waals surface area contributed by atoms with Crippen LogP contribution in [0.25, 0.3) is 0 Å². The van der Waals surface area contributed by atoms with Crippen molar-refractivity contribution in [2.45, 2.75) is 39.7 Å². The molecule has 0 atom stereocenters. The first-order chi connectivity index (χ1) is 11.4. The maximum Gasteiger partial charge on any atom is 0.255 e. The van der Waals surface area contributed by atoms with Crippen LogP contribution in [0.5, 0.6) is 5.88 Å². The topological polar surface area (TPSA) is 62.7 Å². The smallest absolute Gasteiger partial charge is 0.255 e. The van der Waals surface area contributed by atoms with E-state index in [1.807, 2.05) is 27.8 Å². The van der Waals surface area contributed by atoms with Gasteiger partial charge in [-0.2, -0.15) is 0 Å². The van der Waals surface area contributed by atoms with Crippen molar-refractivity contribution < 1.29 is 14.3 Å². The number of hydrogen-bond acceptors (Lipinski definition) is 4. The summed E-state index contributed by atoms with van der Waals surface area (Å²) < 4.78 is 5.29. The highest BCUT2D eigenvalue weighted by molar-refractivity contribution is 5.94. The first kappa shape index (κ1) is 18.2. The Morgan fingerprint density at radius 1 is 1.33 bits per heavy atom. The molecule has 2 rings (SSSR count). The Kier molecular flexibility index (Phi) is 6.17. The minimum absolute atomic E-state index is 0.0138. The lowest BCUT2D eigenvalue weighted by atomic mass is 9.94. The zero-order chi connectivity index (χ0) is 17.7. The molecule has 0 aliphatic carbocycles. The first-order valence-corrected chi connectivity index (χ1v) is 8.58. The molecule has 0 unspecified atom stereocenters. The van der Waals surface area contributed by atoms with E-state index in [0.29, 0.717) is 44.0 Å². The number of aromatic nitrogens is 1. The van der Waals surface area contributed by atoms with Crippen LogP contribution in [0.3, 0.4) is 0 Å². The van der Waals surface area contributed by atoms with Gasteiger partial charge in [0.1, 0.15) is 0 Å². The molecule has 6 nitrogen and oxygen atoms in total. The molecular formula is C18H27N3O3. The molecule has 2 heterocycles. The number of piperidine rings is 1. The number of rotatable bonds is 5. The predicted molar refractivity (Wildman–Crippen MR) is 91.9 cm³/mol. The van der Waals surface area contributed by atoms with Crippen LogP contribution in [0, 0.1) is 5.92 Å². The molecule has 24 heavy (non-hydrogen) atoms. The minimum Gasteiger partial charge on any atom is -0.478 e. The van der Waals surface area contributed by atoms with Crippen molar-refractivity contribution in [3.05, 3.63) is 23.9 Å². The maximum absolute atomic E-state index is 12.5. The second kappa shape index (κ2) is 8.13. The summed E-state index contributed by atoms with van der Waals surface area (Å²) in [5.74, 6) is 0.684. The highest BCUT2D eigenvalue weighted by Gasteiger charge is 2.30. The van der Waals surface area contributed by atoms with E-state index in [1.165, 1.54) is 0 Å². The van der Waals surface area contributed by atoms with E-state index in [9.17, 15) is 9.59 Å². The van der Waals surface area contributed by atoms with Crippen molar-refractivity contribution in [2.24, 2.45) is 5.92 Å². The van der Waals surface area contributed by atoms with Gasteiger partial charge < -0.3 is 14.5 Å². The van der Waals surface area contributed by atoms with Gasteiger partial charge in [-0.15, -0.1) is 0 Å². The Morgan fingerprint density at radius 3 is 2.50 bits per heavy atom. The zero-order valence-corrected chi connectivity index (χ0v) is 15.0. The van der Waals surface area contributed by atoms with Crippen LogP contribution in [0.4, 0.5) is 0 Å². The summed E-state index contributed by atoms with van der Waals surface area (Å²) in [6.45, 7) is 7.67. The Hall–Kier alpha value is -2.11. The number of ether oxygens (including phenoxy) is 1. The van der Waals surface area contributed by atoms with Gasteiger partial charge in [-0.1, -0.05) is 0 Å². The van der Waals surface area contributed by atoms with Crippen LogP contribution in [0.1, 0.15) is 44.0 Å². The van der Waals surface area contributed by atoms with Crippen molar-refractivity contribution in [1.82, 2.24) is 14.8 Å². The summed E-state index contributed by atoms with van der Waals surface area (Å²) in [6, 6.07) is 3.65. The maximum atomic E-state index is 12.5. The fourth-order valence-corrected chi connectivity index (χ4v) is 2.79. The second-order valence-electron chi connectivity index (χ2n) is 6.43. The summed E-state index contributed by atoms with van der Waals surface area (Å²) in [7, 11) is 1.84. The summed E-state index contributed by atoms with van der Waals surface area (Å²) in [4.78, 5) is 32.7. The summed E-state index contributed by atoms with van der Waals surface area (Å²) in [5, 5.41) is 0. The molecule has 132 valence electrons. The lowest BCUT2D eigenvalue weighted by molar-refractivity contribution is -0.137. The van der Waals surface area contributed by atoms with Gasteiger partial charge in [-0.25, -0.2) is 4.98 Å². The van der Waals surface area contributed by atoms with Crippen LogP contribution in [0.2, 0.25) is 0 Å². The Bertz CT molecular complexity index is 563. The van der Waals surface area contributed by atoms with Crippen LogP contribution in [-0.2, 0) is 4.79 Å². The SMILES string of the molecule is CCOc1ccc(C(=O)N2CCC(C(=O)N(C)C(C)C)CC2)cn1. The molecule has 0 aromatic carbocycles. The third-order valence-electron chi connectivity index (χ3n) is 4.53. The van der Waals surface area contributed by atoms with Crippen molar-refractivity contribution in [1.29, 1.82) is 0 Å². The largest absolute Gasteiger partial charge is 0.478 e. The summed E-state index contributed by atoms with van der Waals surface area (Å²) in [5.41, 5.74) is 0.558. The number of pyridine rings is 1. The van der Waals surface area contributed by atoms with E-state index in [4.69, 9.17) is 4.74 Å². The van der Waals surface area contributed by atoms with E-state index in [-0.39, 0.29) is 23.8 Å². The van der Waals surface area contributed by atoms with Gasteiger partial charge in [0.2, 0.25) is 11.8 Å². The van der Waals surface area contributed by atoms with Gasteiger partial charge in [0, 0.05) is 44.4 Å². The van der Waals surface area contributed by atoms with Gasteiger partial charge in [-0.05, 0) is 39.7 Å². The lowest BCUT2D eigenvalue weighted by Gasteiger charge is -2.34. The van der Waals surface area contributed by atoms with Gasteiger partial charge in [0.15, 0.2) is 0 Å². The van der Waals surface area contributed by atoms with Crippen LogP contribution in [0.15, 0.2) is 18.3 Å². The summed E-state index contributed by atoms with van der Waals surface area (Å²) in [6.07, 6.45) is 2.98. The highest BCUT2D eigenvalue weighted by Crippen LogP contribution is 2.22. The number of nitrogens with zero attached hydrogens (tertiary/aromatic N) is 3. The number of carbonyl (C=O) groups is 2. The Labute approximate surface area is 143 Å². The molecule has 0 N–H and O–H groups in total. The second-order valence-corrected chi connectivity index (χ2v) is 6.43. The van der Waals surface area contributed by atoms with Crippen molar-refractivity contribution >= 4 is 11.8 Å². The third kappa shape index (κ3) is 4.24. The van der Waals surface area contributed by atoms with Crippen molar-refractivity contribution in [2.75, 3.05) is 26.7 Å². The van der Waals surface area contributed by atoms with Crippen LogP contribution >= 0.6 is 0 Å². The fraction of sp³-hybridized carbons (Fsp3) is 0.611. The molecule has 0 saturated carbocycles. The van der Waals surface area contributed by atoms with Crippen molar-refractivity contribution in [3.63, 3.8) is 0 Å². The predicted octanol–water partition coefficient (Wildman–Crippen LogP) is 2.20. The fourth-order valence-electron chi connectivity index (χ4n) is 2.79. The molecule has 1 saturated heterocycles. The zero-order valence-electron chi connectivity index (χ0n) is 15.0. The molecule has 1 aliphatic heterocycles. The molecule has 6 heteroatoms.